The van der Waals surface area contributed by atoms with Gasteiger partial charge in [0.1, 0.15) is 0 Å². The Morgan fingerprint density at radius 3 is 1.77 bits per heavy atom. The highest BCUT2D eigenvalue weighted by Gasteiger charge is 2.21. The molecule has 0 saturated carbocycles. The van der Waals surface area contributed by atoms with E-state index in [4.69, 9.17) is 11.8 Å². The molecule has 0 aliphatic rings. The highest BCUT2D eigenvalue weighted by molar-refractivity contribution is 8.25. The van der Waals surface area contributed by atoms with Crippen LogP contribution in [-0.2, 0) is 11.8 Å². The standard InChI is InChI=1S/C19H19NPS/c1-20(2)18-14-9-15-19(18)21(22,16-10-5-3-6-11-16)17-12-7-4-8-13-17/h3-15H,1-2H3/q-1. The topological polar surface area (TPSA) is 3.24 Å². The molecular formula is C19H19NPS-. The van der Waals surface area contributed by atoms with Crippen molar-refractivity contribution in [2.24, 2.45) is 0 Å². The lowest BCUT2D eigenvalue weighted by Crippen LogP contribution is -2.27. The van der Waals surface area contributed by atoms with Crippen molar-refractivity contribution >= 4 is 39.4 Å². The fourth-order valence-electron chi connectivity index (χ4n) is 2.75. The third kappa shape index (κ3) is 2.54. The molecule has 0 aliphatic heterocycles. The largest absolute Gasteiger partial charge is 0.400 e. The van der Waals surface area contributed by atoms with E-state index in [0.29, 0.717) is 0 Å². The SMILES string of the molecule is CN(C)c1[cH-]ccc1P(=S)(c1ccccc1)c1ccccc1. The minimum atomic E-state index is -2.03. The first-order chi connectivity index (χ1) is 10.6. The summed E-state index contributed by atoms with van der Waals surface area (Å²) in [6.07, 6.45) is 0. The van der Waals surface area contributed by atoms with Gasteiger partial charge in [-0.05, 0) is 16.6 Å². The van der Waals surface area contributed by atoms with E-state index >= 15 is 0 Å². The molecule has 0 aromatic heterocycles. The maximum atomic E-state index is 6.35. The fourth-order valence-corrected chi connectivity index (χ4v) is 6.87. The third-order valence-corrected chi connectivity index (χ3v) is 8.79. The highest BCUT2D eigenvalue weighted by Crippen LogP contribution is 2.45. The Bertz CT molecular complexity index is 747. The summed E-state index contributed by atoms with van der Waals surface area (Å²) in [4.78, 5) is 2.16. The molecule has 0 saturated heterocycles. The van der Waals surface area contributed by atoms with Gasteiger partial charge in [-0.25, -0.2) is 6.07 Å². The lowest BCUT2D eigenvalue weighted by Gasteiger charge is -2.32. The van der Waals surface area contributed by atoms with Gasteiger partial charge in [-0.3, -0.25) is 0 Å². The van der Waals surface area contributed by atoms with E-state index in [1.54, 1.807) is 0 Å². The smallest absolute Gasteiger partial charge is 0.00395 e. The summed E-state index contributed by atoms with van der Waals surface area (Å²) in [5.41, 5.74) is 1.22. The number of hydrogen-bond acceptors (Lipinski definition) is 2. The van der Waals surface area contributed by atoms with Crippen LogP contribution in [0.2, 0.25) is 0 Å². The van der Waals surface area contributed by atoms with Crippen LogP contribution in [0.5, 0.6) is 0 Å². The van der Waals surface area contributed by atoms with Gasteiger partial charge in [-0.1, -0.05) is 78.2 Å². The summed E-state index contributed by atoms with van der Waals surface area (Å²) in [5, 5.41) is 3.75. The number of hydrogen-bond donors (Lipinski definition) is 0. The lowest BCUT2D eigenvalue weighted by atomic mass is 10.4. The Balaban J connectivity index is 2.30. The molecule has 0 unspecified atom stereocenters. The van der Waals surface area contributed by atoms with Gasteiger partial charge in [0.15, 0.2) is 0 Å². The monoisotopic (exact) mass is 324 g/mol. The second-order valence-electron chi connectivity index (χ2n) is 5.47. The van der Waals surface area contributed by atoms with Crippen molar-refractivity contribution in [3.63, 3.8) is 0 Å². The summed E-state index contributed by atoms with van der Waals surface area (Å²) in [5.74, 6) is 0. The number of anilines is 1. The summed E-state index contributed by atoms with van der Waals surface area (Å²) in [6.45, 7) is 0. The van der Waals surface area contributed by atoms with Crippen LogP contribution in [0.4, 0.5) is 5.69 Å². The molecule has 0 fully saturated rings. The molecule has 22 heavy (non-hydrogen) atoms. The van der Waals surface area contributed by atoms with E-state index in [1.165, 1.54) is 21.6 Å². The van der Waals surface area contributed by atoms with Crippen LogP contribution in [0.25, 0.3) is 0 Å². The Morgan fingerprint density at radius 1 is 0.818 bits per heavy atom. The van der Waals surface area contributed by atoms with Crippen molar-refractivity contribution in [3.05, 3.63) is 78.9 Å². The average Bonchev–Trinajstić information content (AvgIpc) is 3.06. The summed E-state index contributed by atoms with van der Waals surface area (Å²) in [7, 11) is 4.16. The first kappa shape index (κ1) is 15.1. The molecular weight excluding hydrogens is 305 g/mol. The minimum Gasteiger partial charge on any atom is -0.400 e. The predicted octanol–water partition coefficient (Wildman–Crippen LogP) is 3.23. The summed E-state index contributed by atoms with van der Waals surface area (Å²) >= 11 is 6.35. The van der Waals surface area contributed by atoms with Gasteiger partial charge in [0, 0.05) is 14.1 Å². The van der Waals surface area contributed by atoms with Crippen molar-refractivity contribution in [3.8, 4) is 0 Å². The Morgan fingerprint density at radius 2 is 1.32 bits per heavy atom. The maximum absolute atomic E-state index is 6.35. The molecule has 3 aromatic rings. The van der Waals surface area contributed by atoms with Gasteiger partial charge in [0.05, 0.1) is 0 Å². The average molecular weight is 324 g/mol. The van der Waals surface area contributed by atoms with Gasteiger partial charge < -0.3 is 4.90 Å². The van der Waals surface area contributed by atoms with Crippen LogP contribution in [0.3, 0.4) is 0 Å². The molecule has 0 spiro atoms. The second kappa shape index (κ2) is 6.16. The molecule has 0 amide bonds. The summed E-state index contributed by atoms with van der Waals surface area (Å²) in [6, 6.07) is 25.5. The quantitative estimate of drug-likeness (QED) is 0.535. The van der Waals surface area contributed by atoms with Crippen molar-refractivity contribution in [2.75, 3.05) is 19.0 Å². The van der Waals surface area contributed by atoms with E-state index in [9.17, 15) is 0 Å². The van der Waals surface area contributed by atoms with Gasteiger partial charge in [0.2, 0.25) is 0 Å². The molecule has 1 nitrogen and oxygen atoms in total. The van der Waals surface area contributed by atoms with Crippen LogP contribution < -0.4 is 20.8 Å². The molecule has 0 atom stereocenters. The zero-order valence-corrected chi connectivity index (χ0v) is 14.5. The molecule has 3 heteroatoms. The van der Waals surface area contributed by atoms with Crippen LogP contribution in [0.15, 0.2) is 78.9 Å². The van der Waals surface area contributed by atoms with Crippen LogP contribution >= 0.6 is 6.04 Å². The van der Waals surface area contributed by atoms with Gasteiger partial charge in [0.25, 0.3) is 0 Å². The fraction of sp³-hybridized carbons (Fsp3) is 0.105. The molecule has 112 valence electrons. The second-order valence-corrected chi connectivity index (χ2v) is 9.85. The molecule has 3 rings (SSSR count). The van der Waals surface area contributed by atoms with Crippen molar-refractivity contribution in [1.82, 2.24) is 0 Å². The first-order valence-electron chi connectivity index (χ1n) is 7.29. The first-order valence-corrected chi connectivity index (χ1v) is 10.1. The molecule has 3 aromatic carbocycles. The molecule has 0 radical (unpaired) electrons. The highest BCUT2D eigenvalue weighted by atomic mass is 32.4. The van der Waals surface area contributed by atoms with E-state index in [2.05, 4.69) is 85.7 Å². The Labute approximate surface area is 137 Å². The maximum Gasteiger partial charge on any atom is 0.00395 e. The molecule has 0 bridgehead atoms. The Hall–Kier alpha value is -1.76. The van der Waals surface area contributed by atoms with Crippen molar-refractivity contribution in [1.29, 1.82) is 0 Å². The Kier molecular flexibility index (Phi) is 4.24. The minimum absolute atomic E-state index is 1.22. The number of benzene rings is 2. The number of rotatable bonds is 4. The van der Waals surface area contributed by atoms with Crippen molar-refractivity contribution in [2.45, 2.75) is 0 Å². The third-order valence-electron chi connectivity index (χ3n) is 3.83. The van der Waals surface area contributed by atoms with Crippen molar-refractivity contribution < 1.29 is 0 Å². The lowest BCUT2D eigenvalue weighted by molar-refractivity contribution is 1.15. The summed E-state index contributed by atoms with van der Waals surface area (Å²) < 4.78 is 0. The van der Waals surface area contributed by atoms with Crippen LogP contribution in [0, 0.1) is 0 Å². The normalized spacial score (nSPS) is 11.4. The van der Waals surface area contributed by atoms with E-state index in [0.717, 1.165) is 0 Å². The molecule has 0 aliphatic carbocycles. The number of nitrogens with zero attached hydrogens (tertiary/aromatic N) is 1. The van der Waals surface area contributed by atoms with Crippen LogP contribution in [0.1, 0.15) is 0 Å². The zero-order valence-electron chi connectivity index (χ0n) is 12.8. The van der Waals surface area contributed by atoms with Crippen LogP contribution in [-0.4, -0.2) is 14.1 Å². The van der Waals surface area contributed by atoms with Gasteiger partial charge in [-0.15, -0.1) is 11.4 Å². The predicted molar refractivity (Wildman–Crippen MR) is 102 cm³/mol. The van der Waals surface area contributed by atoms with E-state index in [1.807, 2.05) is 12.1 Å². The molecule has 0 N–H and O–H groups in total. The zero-order chi connectivity index (χ0) is 15.6. The van der Waals surface area contributed by atoms with Gasteiger partial charge >= 0.3 is 0 Å². The van der Waals surface area contributed by atoms with Gasteiger partial charge in [-0.2, -0.15) is 6.07 Å². The van der Waals surface area contributed by atoms with E-state index in [-0.39, 0.29) is 0 Å². The van der Waals surface area contributed by atoms with E-state index < -0.39 is 6.04 Å². The molecule has 0 heterocycles.